The van der Waals surface area contributed by atoms with E-state index >= 15 is 0 Å². The van der Waals surface area contributed by atoms with Crippen LogP contribution in [0.5, 0.6) is 0 Å². The summed E-state index contributed by atoms with van der Waals surface area (Å²) in [5.74, 6) is -0.102. The van der Waals surface area contributed by atoms with Crippen molar-refractivity contribution in [3.8, 4) is 0 Å². The van der Waals surface area contributed by atoms with Crippen LogP contribution < -0.4 is 5.73 Å². The molecule has 0 saturated heterocycles. The molecule has 11 heavy (non-hydrogen) atoms. The summed E-state index contributed by atoms with van der Waals surface area (Å²) in [7, 11) is 0. The quantitative estimate of drug-likeness (QED) is 0.627. The maximum atomic E-state index is 10.6. The minimum Gasteiger partial charge on any atom is -0.365 e. The van der Waals surface area contributed by atoms with Crippen molar-refractivity contribution < 1.29 is 4.79 Å². The molecule has 0 aliphatic carbocycles. The molecule has 0 aliphatic rings. The van der Waals surface area contributed by atoms with Crippen molar-refractivity contribution in [1.82, 2.24) is 9.97 Å². The Labute approximate surface area is 68.4 Å². The lowest BCUT2D eigenvalue weighted by Gasteiger charge is -1.97. The number of hydrogen-bond donors (Lipinski definition) is 1. The second-order valence-electron chi connectivity index (χ2n) is 1.99. The van der Waals surface area contributed by atoms with Crippen molar-refractivity contribution in [3.63, 3.8) is 0 Å². The Morgan fingerprint density at radius 2 is 2.36 bits per heavy atom. The first-order valence-electron chi connectivity index (χ1n) is 2.90. The van der Waals surface area contributed by atoms with Crippen LogP contribution in [-0.2, 0) is 0 Å². The Bertz CT molecular complexity index is 300. The van der Waals surface area contributed by atoms with Crippen LogP contribution in [-0.4, -0.2) is 15.9 Å². The van der Waals surface area contributed by atoms with E-state index in [9.17, 15) is 4.79 Å². The number of carbonyl (C=O) groups is 1. The average molecular weight is 172 g/mol. The smallest absolute Gasteiger partial charge is 0.253 e. The minimum absolute atomic E-state index is 0.102. The van der Waals surface area contributed by atoms with Gasteiger partial charge >= 0.3 is 0 Å². The zero-order chi connectivity index (χ0) is 8.43. The van der Waals surface area contributed by atoms with Crippen molar-refractivity contribution in [2.24, 2.45) is 5.73 Å². The molecule has 1 amide bonds. The molecular weight excluding hydrogens is 166 g/mol. The van der Waals surface area contributed by atoms with Crippen LogP contribution in [0.25, 0.3) is 0 Å². The zero-order valence-electron chi connectivity index (χ0n) is 5.84. The molecule has 0 bridgehead atoms. The lowest BCUT2D eigenvalue weighted by molar-refractivity contribution is 0.0999. The highest BCUT2D eigenvalue weighted by atomic mass is 35.5. The number of nitrogens with two attached hydrogens (primary N) is 1. The maximum Gasteiger partial charge on any atom is 0.253 e. The lowest BCUT2D eigenvalue weighted by Crippen LogP contribution is -2.13. The minimum atomic E-state index is -0.616. The van der Waals surface area contributed by atoms with Crippen molar-refractivity contribution in [2.75, 3.05) is 0 Å². The number of halogens is 1. The van der Waals surface area contributed by atoms with E-state index in [0.29, 0.717) is 5.82 Å². The SMILES string of the molecule is Cc1ncc(C(N)=O)c(Cl)n1. The highest BCUT2D eigenvalue weighted by Gasteiger charge is 2.07. The van der Waals surface area contributed by atoms with Crippen LogP contribution in [0.2, 0.25) is 5.15 Å². The van der Waals surface area contributed by atoms with Crippen LogP contribution in [0.1, 0.15) is 16.2 Å². The fourth-order valence-corrected chi connectivity index (χ4v) is 0.872. The molecule has 58 valence electrons. The highest BCUT2D eigenvalue weighted by molar-refractivity contribution is 6.32. The summed E-state index contributed by atoms with van der Waals surface area (Å²) >= 11 is 5.57. The van der Waals surface area contributed by atoms with Gasteiger partial charge in [0.2, 0.25) is 0 Å². The van der Waals surface area contributed by atoms with Gasteiger partial charge in [0, 0.05) is 6.20 Å². The predicted molar refractivity (Wildman–Crippen MR) is 40.3 cm³/mol. The number of amides is 1. The van der Waals surface area contributed by atoms with E-state index in [4.69, 9.17) is 17.3 Å². The van der Waals surface area contributed by atoms with Gasteiger partial charge in [-0.15, -0.1) is 0 Å². The Hall–Kier alpha value is -1.16. The molecule has 1 rings (SSSR count). The fraction of sp³-hybridized carbons (Fsp3) is 0.167. The van der Waals surface area contributed by atoms with Gasteiger partial charge in [-0.1, -0.05) is 11.6 Å². The van der Waals surface area contributed by atoms with E-state index in [1.54, 1.807) is 6.92 Å². The molecule has 0 fully saturated rings. The van der Waals surface area contributed by atoms with E-state index in [1.165, 1.54) is 6.20 Å². The number of carbonyl (C=O) groups excluding carboxylic acids is 1. The first kappa shape index (κ1) is 7.94. The zero-order valence-corrected chi connectivity index (χ0v) is 6.59. The number of nitrogens with zero attached hydrogens (tertiary/aromatic N) is 2. The topological polar surface area (TPSA) is 68.9 Å². The van der Waals surface area contributed by atoms with E-state index in [-0.39, 0.29) is 10.7 Å². The summed E-state index contributed by atoms with van der Waals surface area (Å²) in [5.41, 5.74) is 5.11. The molecule has 0 saturated carbocycles. The van der Waals surface area contributed by atoms with Crippen LogP contribution in [0.3, 0.4) is 0 Å². The normalized spacial score (nSPS) is 9.64. The third-order valence-electron chi connectivity index (χ3n) is 1.13. The summed E-state index contributed by atoms with van der Waals surface area (Å²) in [4.78, 5) is 18.1. The number of primary amides is 1. The third-order valence-corrected chi connectivity index (χ3v) is 1.42. The van der Waals surface area contributed by atoms with Crippen molar-refractivity contribution in [3.05, 3.63) is 22.7 Å². The Morgan fingerprint density at radius 1 is 1.73 bits per heavy atom. The monoisotopic (exact) mass is 171 g/mol. The summed E-state index contributed by atoms with van der Waals surface area (Å²) in [6, 6.07) is 0. The largest absolute Gasteiger partial charge is 0.365 e. The summed E-state index contributed by atoms with van der Waals surface area (Å²) in [6.45, 7) is 1.68. The summed E-state index contributed by atoms with van der Waals surface area (Å²) in [6.07, 6.45) is 1.31. The van der Waals surface area contributed by atoms with Gasteiger partial charge in [-0.05, 0) is 6.92 Å². The maximum absolute atomic E-state index is 10.6. The lowest BCUT2D eigenvalue weighted by atomic mass is 10.3. The van der Waals surface area contributed by atoms with Gasteiger partial charge in [0.15, 0.2) is 0 Å². The molecule has 1 aromatic heterocycles. The number of rotatable bonds is 1. The van der Waals surface area contributed by atoms with Crippen LogP contribution in [0.4, 0.5) is 0 Å². The number of aryl methyl sites for hydroxylation is 1. The van der Waals surface area contributed by atoms with Crippen LogP contribution in [0, 0.1) is 6.92 Å². The molecule has 0 aliphatic heterocycles. The number of aromatic nitrogens is 2. The standard InChI is InChI=1S/C6H6ClN3O/c1-3-9-2-4(6(8)11)5(7)10-3/h2H,1H3,(H2,8,11). The van der Waals surface area contributed by atoms with Crippen LogP contribution >= 0.6 is 11.6 Å². The van der Waals surface area contributed by atoms with Gasteiger partial charge in [0.1, 0.15) is 11.0 Å². The van der Waals surface area contributed by atoms with E-state index in [0.717, 1.165) is 0 Å². The molecule has 1 aromatic rings. The van der Waals surface area contributed by atoms with Gasteiger partial charge < -0.3 is 5.73 Å². The highest BCUT2D eigenvalue weighted by Crippen LogP contribution is 2.09. The fourth-order valence-electron chi connectivity index (χ4n) is 0.608. The molecule has 0 radical (unpaired) electrons. The molecule has 5 heteroatoms. The first-order valence-corrected chi connectivity index (χ1v) is 3.28. The van der Waals surface area contributed by atoms with Gasteiger partial charge in [-0.2, -0.15) is 0 Å². The second-order valence-corrected chi connectivity index (χ2v) is 2.34. The predicted octanol–water partition coefficient (Wildman–Crippen LogP) is 0.537. The van der Waals surface area contributed by atoms with Crippen molar-refractivity contribution in [1.29, 1.82) is 0 Å². The van der Waals surface area contributed by atoms with Crippen LogP contribution in [0.15, 0.2) is 6.20 Å². The summed E-state index contributed by atoms with van der Waals surface area (Å²) < 4.78 is 0. The molecule has 0 spiro atoms. The van der Waals surface area contributed by atoms with E-state index < -0.39 is 5.91 Å². The number of hydrogen-bond acceptors (Lipinski definition) is 3. The van der Waals surface area contributed by atoms with Gasteiger partial charge in [-0.25, -0.2) is 9.97 Å². The first-order chi connectivity index (χ1) is 5.11. The third kappa shape index (κ3) is 1.65. The molecule has 2 N–H and O–H groups in total. The Balaban J connectivity index is 3.20. The molecule has 0 aromatic carbocycles. The molecule has 0 atom stereocenters. The van der Waals surface area contributed by atoms with Crippen molar-refractivity contribution in [2.45, 2.75) is 6.92 Å². The average Bonchev–Trinajstić information content (AvgIpc) is 1.85. The van der Waals surface area contributed by atoms with E-state index in [2.05, 4.69) is 9.97 Å². The van der Waals surface area contributed by atoms with Gasteiger partial charge in [0.05, 0.1) is 5.56 Å². The molecule has 0 unspecified atom stereocenters. The molecule has 4 nitrogen and oxygen atoms in total. The Morgan fingerprint density at radius 3 is 2.82 bits per heavy atom. The summed E-state index contributed by atoms with van der Waals surface area (Å²) in [5, 5.41) is 0.102. The molecule has 1 heterocycles. The van der Waals surface area contributed by atoms with Gasteiger partial charge in [0.25, 0.3) is 5.91 Å². The molecular formula is C6H6ClN3O. The Kier molecular flexibility index (Phi) is 2.05. The van der Waals surface area contributed by atoms with Crippen molar-refractivity contribution >= 4 is 17.5 Å². The van der Waals surface area contributed by atoms with Gasteiger partial charge in [-0.3, -0.25) is 4.79 Å². The van der Waals surface area contributed by atoms with E-state index in [1.807, 2.05) is 0 Å². The second kappa shape index (κ2) is 2.84.